The lowest BCUT2D eigenvalue weighted by Crippen LogP contribution is -2.23. The lowest BCUT2D eigenvalue weighted by molar-refractivity contribution is -0.117. The number of nitrogens with zero attached hydrogens (tertiary/aromatic N) is 1. The number of thiophene rings is 1. The summed E-state index contributed by atoms with van der Waals surface area (Å²) in [5.74, 6) is -0.128. The Morgan fingerprint density at radius 1 is 1.40 bits per heavy atom. The Kier molecular flexibility index (Phi) is 5.91. The van der Waals surface area contributed by atoms with E-state index in [2.05, 4.69) is 5.32 Å². The number of hydrogen-bond acceptors (Lipinski definition) is 4. The molecule has 1 aromatic heterocycles. The summed E-state index contributed by atoms with van der Waals surface area (Å²) >= 11 is 1.17. The zero-order valence-corrected chi connectivity index (χ0v) is 13.8. The lowest BCUT2D eigenvalue weighted by atomic mass is 10.2. The molecule has 1 aromatic rings. The van der Waals surface area contributed by atoms with Crippen molar-refractivity contribution in [2.45, 2.75) is 31.0 Å². The lowest BCUT2D eigenvalue weighted by Gasteiger charge is -2.08. The molecule has 0 aliphatic carbocycles. The summed E-state index contributed by atoms with van der Waals surface area (Å²) in [7, 11) is -0.401. The van der Waals surface area contributed by atoms with Gasteiger partial charge in [-0.25, -0.2) is 12.7 Å². The first-order valence-corrected chi connectivity index (χ1v) is 8.51. The summed E-state index contributed by atoms with van der Waals surface area (Å²) in [5, 5.41) is 2.77. The topological polar surface area (TPSA) is 66.5 Å². The van der Waals surface area contributed by atoms with Gasteiger partial charge in [0.2, 0.25) is 5.91 Å². The third-order valence-electron chi connectivity index (χ3n) is 2.66. The Morgan fingerprint density at radius 3 is 2.60 bits per heavy atom. The molecule has 20 heavy (non-hydrogen) atoms. The summed E-state index contributed by atoms with van der Waals surface area (Å²) < 4.78 is 25.3. The molecule has 112 valence electrons. The molecule has 7 heteroatoms. The molecule has 0 aromatic carbocycles. The Balaban J connectivity index is 2.71. The maximum Gasteiger partial charge on any atom is 0.252 e. The molecular formula is C13H20N2O3S2. The monoisotopic (exact) mass is 316 g/mol. The van der Waals surface area contributed by atoms with Gasteiger partial charge < -0.3 is 5.32 Å². The quantitative estimate of drug-likeness (QED) is 0.816. The number of nitrogens with one attached hydrogen (secondary N) is 1. The van der Waals surface area contributed by atoms with Crippen LogP contribution in [0.4, 0.5) is 0 Å². The van der Waals surface area contributed by atoms with Crippen molar-refractivity contribution in [3.63, 3.8) is 0 Å². The third kappa shape index (κ3) is 4.16. The summed E-state index contributed by atoms with van der Waals surface area (Å²) in [5.41, 5.74) is 0.671. The van der Waals surface area contributed by atoms with Crippen LogP contribution in [0.15, 0.2) is 28.0 Å². The minimum atomic E-state index is -3.39. The van der Waals surface area contributed by atoms with Crippen LogP contribution < -0.4 is 5.32 Å². The number of hydrogen-bond donors (Lipinski definition) is 1. The van der Waals surface area contributed by atoms with Crippen LogP contribution in [0.3, 0.4) is 0 Å². The third-order valence-corrected chi connectivity index (χ3v) is 6.03. The van der Waals surface area contributed by atoms with Gasteiger partial charge in [0.1, 0.15) is 4.21 Å². The molecule has 1 N–H and O–H groups in total. The fourth-order valence-electron chi connectivity index (χ4n) is 1.48. The number of carbonyl (C=O) groups excluding carboxylic acids is 1. The van der Waals surface area contributed by atoms with E-state index in [-0.39, 0.29) is 10.1 Å². The highest BCUT2D eigenvalue weighted by molar-refractivity contribution is 7.91. The van der Waals surface area contributed by atoms with Crippen molar-refractivity contribution in [2.75, 3.05) is 14.1 Å². The summed E-state index contributed by atoms with van der Waals surface area (Å²) in [6.07, 6.45) is 2.66. The molecule has 0 unspecified atom stereocenters. The molecule has 0 bridgehead atoms. The van der Waals surface area contributed by atoms with Crippen molar-refractivity contribution >= 4 is 27.3 Å². The molecule has 0 saturated heterocycles. The van der Waals surface area contributed by atoms with E-state index in [1.165, 1.54) is 29.7 Å². The molecule has 0 radical (unpaired) electrons. The highest BCUT2D eigenvalue weighted by atomic mass is 32.2. The number of allylic oxidation sites excluding steroid dienone is 1. The minimum absolute atomic E-state index is 0.128. The highest BCUT2D eigenvalue weighted by Gasteiger charge is 2.19. The molecule has 1 amide bonds. The highest BCUT2D eigenvalue weighted by Crippen LogP contribution is 2.23. The normalized spacial score (nSPS) is 12.8. The van der Waals surface area contributed by atoms with Crippen LogP contribution in [0.25, 0.3) is 0 Å². The van der Waals surface area contributed by atoms with Crippen LogP contribution in [0, 0.1) is 0 Å². The van der Waals surface area contributed by atoms with Crippen LogP contribution in [-0.4, -0.2) is 32.7 Å². The van der Waals surface area contributed by atoms with Crippen molar-refractivity contribution in [1.82, 2.24) is 9.62 Å². The van der Waals surface area contributed by atoms with Crippen molar-refractivity contribution in [2.24, 2.45) is 0 Å². The van der Waals surface area contributed by atoms with Crippen LogP contribution in [0.5, 0.6) is 0 Å². The number of rotatable bonds is 6. The molecule has 5 nitrogen and oxygen atoms in total. The number of amides is 1. The van der Waals surface area contributed by atoms with E-state index >= 15 is 0 Å². The largest absolute Gasteiger partial charge is 0.347 e. The van der Waals surface area contributed by atoms with Crippen LogP contribution >= 0.6 is 11.3 Å². The van der Waals surface area contributed by atoms with Gasteiger partial charge in [-0.15, -0.1) is 11.3 Å². The Hall–Kier alpha value is -1.18. The SMILES string of the molecule is CC/C=C(/C)C(=O)NCc1ccc(S(=O)(=O)N(C)C)s1. The Labute approximate surface area is 124 Å². The summed E-state index contributed by atoms with van der Waals surface area (Å²) in [4.78, 5) is 12.5. The Bertz CT molecular complexity index is 601. The van der Waals surface area contributed by atoms with Gasteiger partial charge in [-0.1, -0.05) is 13.0 Å². The van der Waals surface area contributed by atoms with Gasteiger partial charge in [0.15, 0.2) is 0 Å². The predicted octanol–water partition coefficient (Wildman–Crippen LogP) is 1.97. The molecule has 0 aliphatic heterocycles. The molecular weight excluding hydrogens is 296 g/mol. The van der Waals surface area contributed by atoms with Gasteiger partial charge in [-0.2, -0.15) is 0 Å². The van der Waals surface area contributed by atoms with Gasteiger partial charge in [-0.05, 0) is 25.5 Å². The number of sulfonamides is 1. The minimum Gasteiger partial charge on any atom is -0.347 e. The van der Waals surface area contributed by atoms with Gasteiger partial charge in [0.05, 0.1) is 6.54 Å². The van der Waals surface area contributed by atoms with Crippen molar-refractivity contribution in [3.05, 3.63) is 28.7 Å². The average molecular weight is 316 g/mol. The fourth-order valence-corrected chi connectivity index (χ4v) is 3.94. The van der Waals surface area contributed by atoms with Gasteiger partial charge in [0.25, 0.3) is 10.0 Å². The smallest absolute Gasteiger partial charge is 0.252 e. The second-order valence-electron chi connectivity index (χ2n) is 4.49. The maximum atomic E-state index is 11.9. The first-order chi connectivity index (χ1) is 9.28. The van der Waals surface area contributed by atoms with Gasteiger partial charge in [0, 0.05) is 24.5 Å². The first kappa shape index (κ1) is 16.9. The van der Waals surface area contributed by atoms with Gasteiger partial charge in [-0.3, -0.25) is 4.79 Å². The van der Waals surface area contributed by atoms with Crippen molar-refractivity contribution < 1.29 is 13.2 Å². The van der Waals surface area contributed by atoms with E-state index < -0.39 is 10.0 Å². The molecule has 1 rings (SSSR count). The zero-order valence-electron chi connectivity index (χ0n) is 12.1. The summed E-state index contributed by atoms with van der Waals surface area (Å²) in [6.45, 7) is 4.06. The standard InChI is InChI=1S/C13H20N2O3S2/c1-5-6-10(2)13(16)14-9-11-7-8-12(19-11)20(17,18)15(3)4/h6-8H,5,9H2,1-4H3,(H,14,16)/b10-6-. The molecule has 0 aliphatic rings. The molecule has 0 saturated carbocycles. The fraction of sp³-hybridized carbons (Fsp3) is 0.462. The average Bonchev–Trinajstić information content (AvgIpc) is 2.85. The van der Waals surface area contributed by atoms with Crippen LogP contribution in [0.2, 0.25) is 0 Å². The second-order valence-corrected chi connectivity index (χ2v) is 8.03. The predicted molar refractivity (Wildman–Crippen MR) is 81.1 cm³/mol. The van der Waals surface area contributed by atoms with E-state index in [1.807, 2.05) is 13.0 Å². The second kappa shape index (κ2) is 7.01. The van der Waals surface area contributed by atoms with E-state index in [0.717, 1.165) is 11.3 Å². The maximum absolute atomic E-state index is 11.9. The van der Waals surface area contributed by atoms with Crippen molar-refractivity contribution in [3.8, 4) is 0 Å². The van der Waals surface area contributed by atoms with Gasteiger partial charge >= 0.3 is 0 Å². The first-order valence-electron chi connectivity index (χ1n) is 6.25. The zero-order chi connectivity index (χ0) is 15.3. The van der Waals surface area contributed by atoms with Crippen LogP contribution in [0.1, 0.15) is 25.1 Å². The molecule has 0 atom stereocenters. The van der Waals surface area contributed by atoms with E-state index in [9.17, 15) is 13.2 Å². The molecule has 1 heterocycles. The molecule has 0 fully saturated rings. The number of carbonyl (C=O) groups is 1. The summed E-state index contributed by atoms with van der Waals surface area (Å²) in [6, 6.07) is 3.29. The van der Waals surface area contributed by atoms with E-state index in [0.29, 0.717) is 12.1 Å². The van der Waals surface area contributed by atoms with E-state index in [1.54, 1.807) is 19.1 Å². The van der Waals surface area contributed by atoms with E-state index in [4.69, 9.17) is 0 Å². The van der Waals surface area contributed by atoms with Crippen molar-refractivity contribution in [1.29, 1.82) is 0 Å². The molecule has 0 spiro atoms. The van der Waals surface area contributed by atoms with Crippen LogP contribution in [-0.2, 0) is 21.4 Å². The Morgan fingerprint density at radius 2 is 2.05 bits per heavy atom.